The van der Waals surface area contributed by atoms with Gasteiger partial charge in [-0.05, 0) is 30.2 Å². The van der Waals surface area contributed by atoms with Gasteiger partial charge in [-0.25, -0.2) is 4.98 Å². The number of hydrogen-bond acceptors (Lipinski definition) is 4. The molecule has 1 amide bonds. The number of nitrogens with zero attached hydrogens (tertiary/aromatic N) is 1. The molecule has 2 N–H and O–H groups in total. The highest BCUT2D eigenvalue weighted by Gasteiger charge is 2.10. The van der Waals surface area contributed by atoms with Gasteiger partial charge in [0.15, 0.2) is 5.13 Å². The first-order valence-corrected chi connectivity index (χ1v) is 7.02. The fraction of sp³-hybridized carbons (Fsp3) is 0.286. The molecule has 0 aliphatic rings. The van der Waals surface area contributed by atoms with Crippen LogP contribution in [0.4, 0.5) is 10.8 Å². The Morgan fingerprint density at radius 1 is 1.26 bits per heavy atom. The summed E-state index contributed by atoms with van der Waals surface area (Å²) in [5.74, 6) is 0.240. The minimum Gasteiger partial charge on any atom is -0.388 e. The second-order valence-electron chi connectivity index (χ2n) is 4.51. The van der Waals surface area contributed by atoms with Gasteiger partial charge in [-0.2, -0.15) is 0 Å². The van der Waals surface area contributed by atoms with E-state index >= 15 is 0 Å². The van der Waals surface area contributed by atoms with Crippen LogP contribution in [0.3, 0.4) is 0 Å². The number of rotatable bonds is 4. The Kier molecular flexibility index (Phi) is 4.16. The molecule has 19 heavy (non-hydrogen) atoms. The first-order valence-electron chi connectivity index (χ1n) is 6.14. The van der Waals surface area contributed by atoms with E-state index in [4.69, 9.17) is 0 Å². The fourth-order valence-corrected chi connectivity index (χ4v) is 2.43. The predicted molar refractivity (Wildman–Crippen MR) is 80.1 cm³/mol. The number of hydrogen-bond donors (Lipinski definition) is 2. The number of anilines is 2. The van der Waals surface area contributed by atoms with Crippen LogP contribution in [0.1, 0.15) is 35.8 Å². The molecule has 0 atom stereocenters. The Bertz CT molecular complexity index is 560. The summed E-state index contributed by atoms with van der Waals surface area (Å²) in [5.41, 5.74) is 2.61. The third-order valence-electron chi connectivity index (χ3n) is 2.77. The van der Waals surface area contributed by atoms with Crippen LogP contribution < -0.4 is 10.6 Å². The van der Waals surface area contributed by atoms with Crippen molar-refractivity contribution in [1.29, 1.82) is 0 Å². The Balaban J connectivity index is 2.06. The Hall–Kier alpha value is -1.88. The van der Waals surface area contributed by atoms with Crippen LogP contribution in [0.5, 0.6) is 0 Å². The van der Waals surface area contributed by atoms with Crippen molar-refractivity contribution in [3.8, 4) is 0 Å². The molecule has 2 aromatic rings. The molecule has 1 aromatic heterocycles. The number of carbonyl (C=O) groups excluding carboxylic acids is 1. The second-order valence-corrected chi connectivity index (χ2v) is 5.37. The first-order chi connectivity index (χ1) is 9.10. The van der Waals surface area contributed by atoms with Crippen molar-refractivity contribution in [2.24, 2.45) is 0 Å². The van der Waals surface area contributed by atoms with E-state index in [-0.39, 0.29) is 5.91 Å². The van der Waals surface area contributed by atoms with E-state index in [9.17, 15) is 4.79 Å². The summed E-state index contributed by atoms with van der Waals surface area (Å²) in [5, 5.41) is 8.46. The van der Waals surface area contributed by atoms with Crippen LogP contribution in [0.25, 0.3) is 0 Å². The summed E-state index contributed by atoms with van der Waals surface area (Å²) in [6.45, 7) is 4.16. The average molecular weight is 275 g/mol. The van der Waals surface area contributed by atoms with Gasteiger partial charge in [0.1, 0.15) is 0 Å². The number of carbonyl (C=O) groups is 1. The van der Waals surface area contributed by atoms with E-state index in [1.165, 1.54) is 11.3 Å². The normalized spacial score (nSPS) is 10.5. The minimum atomic E-state index is -0.132. The maximum absolute atomic E-state index is 12.0. The molecule has 100 valence electrons. The van der Waals surface area contributed by atoms with E-state index in [1.54, 1.807) is 12.1 Å². The van der Waals surface area contributed by atoms with Crippen LogP contribution >= 0.6 is 11.3 Å². The molecule has 0 fully saturated rings. The van der Waals surface area contributed by atoms with E-state index in [2.05, 4.69) is 29.5 Å². The number of benzene rings is 1. The van der Waals surface area contributed by atoms with Crippen LogP contribution in [-0.2, 0) is 0 Å². The van der Waals surface area contributed by atoms with Gasteiger partial charge in [0.25, 0.3) is 5.91 Å². The summed E-state index contributed by atoms with van der Waals surface area (Å²) < 4.78 is 0. The fourth-order valence-electron chi connectivity index (χ4n) is 1.57. The molecule has 1 heterocycles. The van der Waals surface area contributed by atoms with E-state index in [1.807, 2.05) is 24.6 Å². The number of nitrogens with one attached hydrogen (secondary N) is 2. The molecule has 0 spiro atoms. The number of aromatic nitrogens is 1. The first kappa shape index (κ1) is 13.5. The lowest BCUT2D eigenvalue weighted by molar-refractivity contribution is 0.102. The maximum Gasteiger partial charge on any atom is 0.257 e. The number of thiazole rings is 1. The lowest BCUT2D eigenvalue weighted by atomic mass is 10.2. The van der Waals surface area contributed by atoms with Crippen molar-refractivity contribution in [3.05, 3.63) is 40.9 Å². The van der Waals surface area contributed by atoms with Crippen molar-refractivity contribution in [1.82, 2.24) is 4.98 Å². The van der Waals surface area contributed by atoms with Crippen molar-refractivity contribution in [3.63, 3.8) is 0 Å². The Morgan fingerprint density at radius 3 is 2.47 bits per heavy atom. The molecule has 2 rings (SSSR count). The van der Waals surface area contributed by atoms with E-state index in [0.29, 0.717) is 16.6 Å². The van der Waals surface area contributed by atoms with Crippen molar-refractivity contribution < 1.29 is 4.79 Å². The zero-order chi connectivity index (χ0) is 13.8. The molecule has 5 heteroatoms. The molecule has 0 radical (unpaired) electrons. The maximum atomic E-state index is 12.0. The molecular formula is C14H17N3OS. The second kappa shape index (κ2) is 5.84. The third kappa shape index (κ3) is 3.32. The van der Waals surface area contributed by atoms with Gasteiger partial charge in [0, 0.05) is 23.7 Å². The SMILES string of the molecule is CNc1ccc(C(=O)Nc2nc(C(C)C)cs2)cc1. The van der Waals surface area contributed by atoms with E-state index in [0.717, 1.165) is 11.4 Å². The molecule has 0 saturated heterocycles. The van der Waals surface area contributed by atoms with Gasteiger partial charge < -0.3 is 5.32 Å². The third-order valence-corrected chi connectivity index (χ3v) is 3.55. The zero-order valence-electron chi connectivity index (χ0n) is 11.2. The van der Waals surface area contributed by atoms with Crippen LogP contribution in [0.15, 0.2) is 29.6 Å². The van der Waals surface area contributed by atoms with Gasteiger partial charge in [-0.1, -0.05) is 13.8 Å². The highest BCUT2D eigenvalue weighted by atomic mass is 32.1. The average Bonchev–Trinajstić information content (AvgIpc) is 2.87. The lowest BCUT2D eigenvalue weighted by Crippen LogP contribution is -2.11. The molecule has 0 aliphatic carbocycles. The standard InChI is InChI=1S/C14H17N3OS/c1-9(2)12-8-19-14(16-12)17-13(18)10-4-6-11(15-3)7-5-10/h4-9,15H,1-3H3,(H,16,17,18). The quantitative estimate of drug-likeness (QED) is 0.897. The summed E-state index contributed by atoms with van der Waals surface area (Å²) in [6.07, 6.45) is 0. The van der Waals surface area contributed by atoms with Gasteiger partial charge in [0.2, 0.25) is 0 Å². The highest BCUT2D eigenvalue weighted by Crippen LogP contribution is 2.22. The molecule has 0 unspecified atom stereocenters. The summed E-state index contributed by atoms with van der Waals surface area (Å²) in [4.78, 5) is 16.4. The predicted octanol–water partition coefficient (Wildman–Crippen LogP) is 3.56. The summed E-state index contributed by atoms with van der Waals surface area (Å²) >= 11 is 1.45. The summed E-state index contributed by atoms with van der Waals surface area (Å²) in [6, 6.07) is 7.32. The molecule has 0 bridgehead atoms. The van der Waals surface area contributed by atoms with Crippen molar-refractivity contribution in [2.45, 2.75) is 19.8 Å². The van der Waals surface area contributed by atoms with Crippen molar-refractivity contribution in [2.75, 3.05) is 17.7 Å². The van der Waals surface area contributed by atoms with Crippen LogP contribution in [0.2, 0.25) is 0 Å². The molecular weight excluding hydrogens is 258 g/mol. The highest BCUT2D eigenvalue weighted by molar-refractivity contribution is 7.14. The van der Waals surface area contributed by atoms with Gasteiger partial charge in [-0.3, -0.25) is 10.1 Å². The van der Waals surface area contributed by atoms with Crippen LogP contribution in [-0.4, -0.2) is 17.9 Å². The van der Waals surface area contributed by atoms with Crippen LogP contribution in [0, 0.1) is 0 Å². The topological polar surface area (TPSA) is 54.0 Å². The smallest absolute Gasteiger partial charge is 0.257 e. The lowest BCUT2D eigenvalue weighted by Gasteiger charge is -2.04. The zero-order valence-corrected chi connectivity index (χ0v) is 12.0. The molecule has 1 aromatic carbocycles. The monoisotopic (exact) mass is 275 g/mol. The molecule has 0 saturated carbocycles. The molecule has 4 nitrogen and oxygen atoms in total. The van der Waals surface area contributed by atoms with Gasteiger partial charge in [0.05, 0.1) is 5.69 Å². The number of amides is 1. The molecule has 0 aliphatic heterocycles. The Morgan fingerprint density at radius 2 is 1.95 bits per heavy atom. The Labute approximate surface area is 116 Å². The van der Waals surface area contributed by atoms with Gasteiger partial charge in [-0.15, -0.1) is 11.3 Å². The summed E-state index contributed by atoms with van der Waals surface area (Å²) in [7, 11) is 1.85. The minimum absolute atomic E-state index is 0.132. The van der Waals surface area contributed by atoms with E-state index < -0.39 is 0 Å². The largest absolute Gasteiger partial charge is 0.388 e. The van der Waals surface area contributed by atoms with Gasteiger partial charge >= 0.3 is 0 Å². The van der Waals surface area contributed by atoms with Crippen molar-refractivity contribution >= 4 is 28.1 Å².